The number of carbonyl (C=O) groups is 2. The first-order valence-corrected chi connectivity index (χ1v) is 7.05. The van der Waals surface area contributed by atoms with Gasteiger partial charge in [-0.1, -0.05) is 13.8 Å². The van der Waals surface area contributed by atoms with Crippen molar-refractivity contribution in [2.75, 3.05) is 20.2 Å². The molecule has 0 bridgehead atoms. The lowest BCUT2D eigenvalue weighted by Crippen LogP contribution is -2.34. The number of hydrogen-bond acceptors (Lipinski definition) is 3. The molecule has 4 nitrogen and oxygen atoms in total. The molecular weight excluding hydrogens is 273 g/mol. The smallest absolute Gasteiger partial charge is 0.307 e. The van der Waals surface area contributed by atoms with E-state index < -0.39 is 0 Å². The van der Waals surface area contributed by atoms with Gasteiger partial charge >= 0.3 is 5.97 Å². The van der Waals surface area contributed by atoms with Gasteiger partial charge in [-0.3, -0.25) is 9.59 Å². The number of esters is 1. The second kappa shape index (κ2) is 8.39. The molecule has 0 radical (unpaired) electrons. The Morgan fingerprint density at radius 2 is 1.81 bits per heavy atom. The molecule has 0 aliphatic carbocycles. The summed E-state index contributed by atoms with van der Waals surface area (Å²) in [7, 11) is 1.32. The van der Waals surface area contributed by atoms with Crippen molar-refractivity contribution in [1.82, 2.24) is 4.90 Å². The van der Waals surface area contributed by atoms with Crippen LogP contribution in [0.3, 0.4) is 0 Å². The van der Waals surface area contributed by atoms with Crippen molar-refractivity contribution in [1.29, 1.82) is 0 Å². The van der Waals surface area contributed by atoms with E-state index in [9.17, 15) is 14.0 Å². The molecule has 0 aromatic heterocycles. The topological polar surface area (TPSA) is 46.6 Å². The van der Waals surface area contributed by atoms with Gasteiger partial charge in [-0.2, -0.15) is 0 Å². The predicted octanol–water partition coefficient (Wildman–Crippen LogP) is 2.88. The van der Waals surface area contributed by atoms with Crippen LogP contribution in [-0.2, 0) is 9.53 Å². The molecule has 1 aromatic carbocycles. The van der Waals surface area contributed by atoms with E-state index in [2.05, 4.69) is 18.6 Å². The molecule has 5 heteroatoms. The van der Waals surface area contributed by atoms with E-state index in [1.54, 1.807) is 4.90 Å². The maximum atomic E-state index is 12.9. The maximum Gasteiger partial charge on any atom is 0.307 e. The van der Waals surface area contributed by atoms with Crippen molar-refractivity contribution in [3.8, 4) is 0 Å². The minimum atomic E-state index is -0.380. The molecule has 0 fully saturated rings. The summed E-state index contributed by atoms with van der Waals surface area (Å²) < 4.78 is 17.5. The Hall–Kier alpha value is -1.91. The van der Waals surface area contributed by atoms with E-state index in [1.807, 2.05) is 0 Å². The van der Waals surface area contributed by atoms with Crippen LogP contribution in [0.25, 0.3) is 0 Å². The summed E-state index contributed by atoms with van der Waals surface area (Å²) in [5, 5.41) is 0. The third-order valence-corrected chi connectivity index (χ3v) is 3.17. The van der Waals surface area contributed by atoms with E-state index in [0.717, 1.165) is 6.42 Å². The van der Waals surface area contributed by atoms with Crippen molar-refractivity contribution >= 4 is 11.9 Å². The van der Waals surface area contributed by atoms with E-state index in [1.165, 1.54) is 31.4 Å². The zero-order valence-corrected chi connectivity index (χ0v) is 12.8. The Balaban J connectivity index is 2.75. The summed E-state index contributed by atoms with van der Waals surface area (Å²) in [6.07, 6.45) is 0.996. The standard InChI is InChI=1S/C16H22FNO3/c1-12(2)8-10-18(11-9-15(19)21-3)16(20)13-4-6-14(17)7-5-13/h4-7,12H,8-11H2,1-3H3. The third-order valence-electron chi connectivity index (χ3n) is 3.17. The molecule has 0 unspecified atom stereocenters. The SMILES string of the molecule is COC(=O)CCN(CCC(C)C)C(=O)c1ccc(F)cc1. The van der Waals surface area contributed by atoms with Crippen molar-refractivity contribution in [2.24, 2.45) is 5.92 Å². The molecule has 0 saturated heterocycles. The molecule has 0 aliphatic rings. The Morgan fingerprint density at radius 1 is 1.19 bits per heavy atom. The van der Waals surface area contributed by atoms with Gasteiger partial charge < -0.3 is 9.64 Å². The molecule has 0 saturated carbocycles. The number of hydrogen-bond donors (Lipinski definition) is 0. The summed E-state index contributed by atoms with van der Waals surface area (Å²) in [4.78, 5) is 25.3. The largest absolute Gasteiger partial charge is 0.469 e. The summed E-state index contributed by atoms with van der Waals surface area (Å²) in [5.74, 6) is -0.475. The summed E-state index contributed by atoms with van der Waals surface area (Å²) >= 11 is 0. The van der Waals surface area contributed by atoms with Crippen molar-refractivity contribution in [3.05, 3.63) is 35.6 Å². The predicted molar refractivity (Wildman–Crippen MR) is 78.4 cm³/mol. The lowest BCUT2D eigenvalue weighted by molar-refractivity contribution is -0.140. The molecule has 0 spiro atoms. The zero-order chi connectivity index (χ0) is 15.8. The minimum Gasteiger partial charge on any atom is -0.469 e. The quantitative estimate of drug-likeness (QED) is 0.727. The fraction of sp³-hybridized carbons (Fsp3) is 0.500. The van der Waals surface area contributed by atoms with Crippen LogP contribution >= 0.6 is 0 Å². The molecular formula is C16H22FNO3. The summed E-state index contributed by atoms with van der Waals surface area (Å²) in [5.41, 5.74) is 0.421. The monoisotopic (exact) mass is 295 g/mol. The zero-order valence-electron chi connectivity index (χ0n) is 12.8. The molecule has 0 atom stereocenters. The van der Waals surface area contributed by atoms with E-state index in [4.69, 9.17) is 0 Å². The average molecular weight is 295 g/mol. The Labute approximate surface area is 124 Å². The second-order valence-corrected chi connectivity index (χ2v) is 5.31. The van der Waals surface area contributed by atoms with Crippen molar-refractivity contribution < 1.29 is 18.7 Å². The first kappa shape index (κ1) is 17.1. The van der Waals surface area contributed by atoms with Crippen LogP contribution in [0.4, 0.5) is 4.39 Å². The number of rotatable bonds is 7. The number of nitrogens with zero attached hydrogens (tertiary/aromatic N) is 1. The summed E-state index contributed by atoms with van der Waals surface area (Å²) in [6, 6.07) is 5.43. The van der Waals surface area contributed by atoms with E-state index in [0.29, 0.717) is 24.6 Å². The lowest BCUT2D eigenvalue weighted by atomic mass is 10.1. The van der Waals surface area contributed by atoms with Crippen LogP contribution in [0.1, 0.15) is 37.0 Å². The number of methoxy groups -OCH3 is 1. The third kappa shape index (κ3) is 5.94. The highest BCUT2D eigenvalue weighted by Gasteiger charge is 2.17. The van der Waals surface area contributed by atoms with Gasteiger partial charge in [0.2, 0.25) is 0 Å². The van der Waals surface area contributed by atoms with Gasteiger partial charge in [0.15, 0.2) is 0 Å². The van der Waals surface area contributed by atoms with Gasteiger partial charge in [-0.05, 0) is 36.6 Å². The van der Waals surface area contributed by atoms with Crippen LogP contribution in [0.15, 0.2) is 24.3 Å². The number of halogens is 1. The number of carbonyl (C=O) groups excluding carboxylic acids is 2. The van der Waals surface area contributed by atoms with Crippen LogP contribution in [0.5, 0.6) is 0 Å². The van der Waals surface area contributed by atoms with E-state index >= 15 is 0 Å². The normalized spacial score (nSPS) is 10.5. The highest BCUT2D eigenvalue weighted by atomic mass is 19.1. The number of ether oxygens (including phenoxy) is 1. The fourth-order valence-corrected chi connectivity index (χ4v) is 1.83. The number of benzene rings is 1. The lowest BCUT2D eigenvalue weighted by Gasteiger charge is -2.23. The molecule has 1 rings (SSSR count). The van der Waals surface area contributed by atoms with Gasteiger partial charge in [0.25, 0.3) is 5.91 Å². The first-order chi connectivity index (χ1) is 9.93. The van der Waals surface area contributed by atoms with Crippen LogP contribution in [0.2, 0.25) is 0 Å². The van der Waals surface area contributed by atoms with Gasteiger partial charge in [0.1, 0.15) is 5.82 Å². The van der Waals surface area contributed by atoms with Gasteiger partial charge in [0.05, 0.1) is 13.5 Å². The first-order valence-electron chi connectivity index (χ1n) is 7.05. The molecule has 1 aromatic rings. The Morgan fingerprint density at radius 3 is 2.33 bits per heavy atom. The second-order valence-electron chi connectivity index (χ2n) is 5.31. The Bertz CT molecular complexity index is 471. The molecule has 116 valence electrons. The summed E-state index contributed by atoms with van der Waals surface area (Å²) in [6.45, 7) is 5.00. The highest BCUT2D eigenvalue weighted by Crippen LogP contribution is 2.10. The average Bonchev–Trinajstić information content (AvgIpc) is 2.46. The van der Waals surface area contributed by atoms with Crippen molar-refractivity contribution in [3.63, 3.8) is 0 Å². The molecule has 1 amide bonds. The van der Waals surface area contributed by atoms with Crippen LogP contribution < -0.4 is 0 Å². The van der Waals surface area contributed by atoms with Crippen LogP contribution in [0, 0.1) is 11.7 Å². The fourth-order valence-electron chi connectivity index (χ4n) is 1.83. The van der Waals surface area contributed by atoms with Gasteiger partial charge in [0, 0.05) is 18.7 Å². The minimum absolute atomic E-state index is 0.154. The number of amides is 1. The molecule has 0 aliphatic heterocycles. The molecule has 21 heavy (non-hydrogen) atoms. The van der Waals surface area contributed by atoms with Gasteiger partial charge in [-0.15, -0.1) is 0 Å². The van der Waals surface area contributed by atoms with Gasteiger partial charge in [-0.25, -0.2) is 4.39 Å². The Kier molecular flexibility index (Phi) is 6.85. The van der Waals surface area contributed by atoms with Crippen LogP contribution in [-0.4, -0.2) is 37.0 Å². The molecule has 0 heterocycles. The van der Waals surface area contributed by atoms with E-state index in [-0.39, 0.29) is 24.1 Å². The molecule has 0 N–H and O–H groups in total. The maximum absolute atomic E-state index is 12.9. The highest BCUT2D eigenvalue weighted by molar-refractivity contribution is 5.94. The van der Waals surface area contributed by atoms with Crippen molar-refractivity contribution in [2.45, 2.75) is 26.7 Å².